The highest BCUT2D eigenvalue weighted by Crippen LogP contribution is 2.39. The second-order valence-corrected chi connectivity index (χ2v) is 6.48. The Balaban J connectivity index is 1.91. The quantitative estimate of drug-likeness (QED) is 0.911. The van der Waals surface area contributed by atoms with Crippen molar-refractivity contribution in [3.8, 4) is 0 Å². The van der Waals surface area contributed by atoms with E-state index in [0.717, 1.165) is 11.3 Å². The molecule has 8 nitrogen and oxygen atoms in total. The van der Waals surface area contributed by atoms with Crippen LogP contribution in [0.25, 0.3) is 0 Å². The Bertz CT molecular complexity index is 822. The first kappa shape index (κ1) is 17.2. The van der Waals surface area contributed by atoms with E-state index in [-0.39, 0.29) is 24.3 Å². The Morgan fingerprint density at radius 2 is 2.12 bits per heavy atom. The van der Waals surface area contributed by atoms with Gasteiger partial charge in [0.25, 0.3) is 0 Å². The number of nitrogens with zero attached hydrogens (tertiary/aromatic N) is 4. The molecular weight excluding hydrogens is 322 g/mol. The molecular formula is C17H23N5O3. The molecule has 8 heteroatoms. The maximum Gasteiger partial charge on any atom is 0.230 e. The van der Waals surface area contributed by atoms with Gasteiger partial charge in [0.15, 0.2) is 5.76 Å². The predicted molar refractivity (Wildman–Crippen MR) is 90.8 cm³/mol. The number of amides is 2. The number of aromatic nitrogens is 3. The fraction of sp³-hybridized carbons (Fsp3) is 0.529. The van der Waals surface area contributed by atoms with Crippen LogP contribution >= 0.6 is 0 Å². The Labute approximate surface area is 146 Å². The second-order valence-electron chi connectivity index (χ2n) is 6.48. The molecule has 3 rings (SSSR count). The Kier molecular flexibility index (Phi) is 4.36. The first-order chi connectivity index (χ1) is 11.8. The zero-order valence-corrected chi connectivity index (χ0v) is 15.2. The smallest absolute Gasteiger partial charge is 0.230 e. The molecule has 0 aromatic carbocycles. The lowest BCUT2D eigenvalue weighted by atomic mass is 9.93. The molecule has 0 aliphatic carbocycles. The van der Waals surface area contributed by atoms with Gasteiger partial charge in [-0.15, -0.1) is 0 Å². The third kappa shape index (κ3) is 2.81. The molecule has 2 aromatic rings. The second kappa shape index (κ2) is 6.34. The van der Waals surface area contributed by atoms with Crippen molar-refractivity contribution in [2.24, 2.45) is 13.0 Å². The fourth-order valence-corrected chi connectivity index (χ4v) is 3.37. The van der Waals surface area contributed by atoms with E-state index in [9.17, 15) is 9.59 Å². The van der Waals surface area contributed by atoms with Gasteiger partial charge < -0.3 is 14.7 Å². The Hall–Kier alpha value is -2.64. The van der Waals surface area contributed by atoms with Crippen LogP contribution < -0.4 is 5.32 Å². The van der Waals surface area contributed by atoms with Gasteiger partial charge in [0.1, 0.15) is 11.4 Å². The van der Waals surface area contributed by atoms with E-state index in [1.165, 1.54) is 0 Å². The van der Waals surface area contributed by atoms with Crippen LogP contribution in [0.4, 0.5) is 5.69 Å². The van der Waals surface area contributed by atoms with Crippen LogP contribution in [0, 0.1) is 19.8 Å². The highest BCUT2D eigenvalue weighted by molar-refractivity contribution is 5.98. The maximum absolute atomic E-state index is 12.9. The molecule has 2 amide bonds. The molecule has 0 spiro atoms. The van der Waals surface area contributed by atoms with Crippen molar-refractivity contribution in [2.45, 2.75) is 39.7 Å². The van der Waals surface area contributed by atoms with Gasteiger partial charge in [-0.3, -0.25) is 14.3 Å². The molecule has 0 saturated carbocycles. The van der Waals surface area contributed by atoms with E-state index in [1.807, 2.05) is 20.9 Å². The zero-order valence-electron chi connectivity index (χ0n) is 15.2. The largest absolute Gasteiger partial charge is 0.359 e. The topological polar surface area (TPSA) is 93.3 Å². The van der Waals surface area contributed by atoms with Crippen molar-refractivity contribution in [1.29, 1.82) is 0 Å². The monoisotopic (exact) mass is 345 g/mol. The molecule has 1 saturated heterocycles. The molecule has 1 N–H and O–H groups in total. The van der Waals surface area contributed by atoms with E-state index in [2.05, 4.69) is 15.6 Å². The van der Waals surface area contributed by atoms with Crippen LogP contribution in [-0.2, 0) is 23.1 Å². The molecule has 1 aliphatic heterocycles. The van der Waals surface area contributed by atoms with Gasteiger partial charge in [0.05, 0.1) is 18.2 Å². The zero-order chi connectivity index (χ0) is 18.3. The third-order valence-corrected chi connectivity index (χ3v) is 5.02. The number of nitrogens with one attached hydrogen (secondary N) is 1. The lowest BCUT2D eigenvalue weighted by Gasteiger charge is -2.24. The molecule has 134 valence electrons. The predicted octanol–water partition coefficient (Wildman–Crippen LogP) is 1.75. The summed E-state index contributed by atoms with van der Waals surface area (Å²) in [5.74, 6) is -0.102. The molecule has 2 aromatic heterocycles. The van der Waals surface area contributed by atoms with Gasteiger partial charge in [-0.1, -0.05) is 12.1 Å². The SMILES string of the molecule is CCc1onc(C)c1NC(=O)[C@H]1CC(=O)N(C)[C@@H]1c1cnn(C)c1C. The summed E-state index contributed by atoms with van der Waals surface area (Å²) in [5.41, 5.74) is 3.08. The number of hydrogen-bond donors (Lipinski definition) is 1. The minimum atomic E-state index is -0.487. The van der Waals surface area contributed by atoms with Gasteiger partial charge in [-0.25, -0.2) is 0 Å². The van der Waals surface area contributed by atoms with Crippen molar-refractivity contribution >= 4 is 17.5 Å². The van der Waals surface area contributed by atoms with E-state index < -0.39 is 5.92 Å². The average molecular weight is 345 g/mol. The summed E-state index contributed by atoms with van der Waals surface area (Å²) >= 11 is 0. The molecule has 1 aliphatic rings. The molecule has 3 heterocycles. The molecule has 2 atom stereocenters. The molecule has 0 bridgehead atoms. The lowest BCUT2D eigenvalue weighted by Crippen LogP contribution is -2.30. The summed E-state index contributed by atoms with van der Waals surface area (Å²) in [6.45, 7) is 5.66. The fourth-order valence-electron chi connectivity index (χ4n) is 3.37. The van der Waals surface area contributed by atoms with Crippen LogP contribution in [0.2, 0.25) is 0 Å². The number of rotatable bonds is 4. The van der Waals surface area contributed by atoms with Crippen molar-refractivity contribution in [3.63, 3.8) is 0 Å². The molecule has 1 fully saturated rings. The summed E-state index contributed by atoms with van der Waals surface area (Å²) < 4.78 is 6.98. The van der Waals surface area contributed by atoms with E-state index in [0.29, 0.717) is 23.6 Å². The van der Waals surface area contributed by atoms with Gasteiger partial charge in [-0.05, 0) is 13.8 Å². The van der Waals surface area contributed by atoms with Crippen LogP contribution in [-0.4, -0.2) is 38.7 Å². The van der Waals surface area contributed by atoms with Crippen LogP contribution in [0.15, 0.2) is 10.7 Å². The minimum absolute atomic E-state index is 0.0499. The first-order valence-corrected chi connectivity index (χ1v) is 8.35. The summed E-state index contributed by atoms with van der Waals surface area (Å²) in [7, 11) is 3.58. The van der Waals surface area contributed by atoms with E-state index >= 15 is 0 Å². The highest BCUT2D eigenvalue weighted by atomic mass is 16.5. The van der Waals surface area contributed by atoms with Gasteiger partial charge in [0, 0.05) is 38.2 Å². The first-order valence-electron chi connectivity index (χ1n) is 8.35. The van der Waals surface area contributed by atoms with Crippen LogP contribution in [0.1, 0.15) is 42.1 Å². The van der Waals surface area contributed by atoms with Crippen LogP contribution in [0.5, 0.6) is 0 Å². The van der Waals surface area contributed by atoms with Gasteiger partial charge in [-0.2, -0.15) is 5.10 Å². The van der Waals surface area contributed by atoms with Gasteiger partial charge in [0.2, 0.25) is 11.8 Å². The summed E-state index contributed by atoms with van der Waals surface area (Å²) in [6, 6.07) is -0.327. The lowest BCUT2D eigenvalue weighted by molar-refractivity contribution is -0.127. The van der Waals surface area contributed by atoms with Crippen molar-refractivity contribution in [3.05, 3.63) is 28.9 Å². The molecule has 25 heavy (non-hydrogen) atoms. The molecule has 0 radical (unpaired) electrons. The minimum Gasteiger partial charge on any atom is -0.359 e. The number of aryl methyl sites for hydroxylation is 3. The number of likely N-dealkylation sites (tertiary alicyclic amines) is 1. The number of hydrogen-bond acceptors (Lipinski definition) is 5. The van der Waals surface area contributed by atoms with E-state index in [4.69, 9.17) is 4.52 Å². The third-order valence-electron chi connectivity index (χ3n) is 5.02. The summed E-state index contributed by atoms with van der Waals surface area (Å²) in [4.78, 5) is 26.8. The summed E-state index contributed by atoms with van der Waals surface area (Å²) in [5, 5.41) is 11.1. The normalized spacial score (nSPS) is 20.4. The molecule has 0 unspecified atom stereocenters. The maximum atomic E-state index is 12.9. The summed E-state index contributed by atoms with van der Waals surface area (Å²) in [6.07, 6.45) is 2.54. The standard InChI is InChI=1S/C17H23N5O3/c1-6-13-15(9(2)20-25-13)19-17(24)11-7-14(23)21(4)16(11)12-8-18-22(5)10(12)3/h8,11,16H,6-7H2,1-5H3,(H,19,24)/t11-,16-/m0/s1. The van der Waals surface area contributed by atoms with Crippen molar-refractivity contribution in [2.75, 3.05) is 12.4 Å². The Morgan fingerprint density at radius 3 is 2.72 bits per heavy atom. The average Bonchev–Trinajstić information content (AvgIpc) is 3.19. The van der Waals surface area contributed by atoms with Crippen molar-refractivity contribution in [1.82, 2.24) is 19.8 Å². The highest BCUT2D eigenvalue weighted by Gasteiger charge is 2.44. The van der Waals surface area contributed by atoms with E-state index in [1.54, 1.807) is 29.7 Å². The van der Waals surface area contributed by atoms with Gasteiger partial charge >= 0.3 is 0 Å². The number of carbonyl (C=O) groups excluding carboxylic acids is 2. The Morgan fingerprint density at radius 1 is 1.40 bits per heavy atom. The number of carbonyl (C=O) groups is 2. The van der Waals surface area contributed by atoms with Crippen LogP contribution in [0.3, 0.4) is 0 Å². The van der Waals surface area contributed by atoms with Crippen molar-refractivity contribution < 1.29 is 14.1 Å². The number of anilines is 1.